The van der Waals surface area contributed by atoms with E-state index in [1.807, 2.05) is 31.2 Å². The Bertz CT molecular complexity index is 1500. The fourth-order valence-corrected chi connectivity index (χ4v) is 5.19. The van der Waals surface area contributed by atoms with Crippen LogP contribution in [-0.4, -0.2) is 35.7 Å². The van der Waals surface area contributed by atoms with Crippen molar-refractivity contribution in [3.8, 4) is 16.9 Å². The van der Waals surface area contributed by atoms with Crippen molar-refractivity contribution < 1.29 is 13.9 Å². The largest absolute Gasteiger partial charge is 0.497 e. The summed E-state index contributed by atoms with van der Waals surface area (Å²) in [5, 5.41) is 9.85. The van der Waals surface area contributed by atoms with Crippen molar-refractivity contribution in [3.05, 3.63) is 77.9 Å². The lowest BCUT2D eigenvalue weighted by atomic mass is 9.68. The zero-order valence-electron chi connectivity index (χ0n) is 22.8. The van der Waals surface area contributed by atoms with Gasteiger partial charge in [0.25, 0.3) is 0 Å². The second kappa shape index (κ2) is 10.9. The number of rotatable bonds is 8. The van der Waals surface area contributed by atoms with E-state index in [0.717, 1.165) is 65.1 Å². The second-order valence-electron chi connectivity index (χ2n) is 11.0. The van der Waals surface area contributed by atoms with Crippen molar-refractivity contribution in [2.24, 2.45) is 5.41 Å². The first-order valence-electron chi connectivity index (χ1n) is 13.2. The molecule has 2 aromatic heterocycles. The Labute approximate surface area is 228 Å². The first-order valence-corrected chi connectivity index (χ1v) is 13.2. The van der Waals surface area contributed by atoms with E-state index in [4.69, 9.17) is 9.72 Å². The number of methoxy groups -OCH3 is 1. The molecule has 5 rings (SSSR count). The number of nitrogens with one attached hydrogen (secondary N) is 3. The first-order chi connectivity index (χ1) is 18.7. The van der Waals surface area contributed by atoms with E-state index in [-0.39, 0.29) is 17.1 Å². The molecular weight excluding hydrogens is 493 g/mol. The number of ether oxygens (including phenoxy) is 1. The third-order valence-corrected chi connectivity index (χ3v) is 7.23. The predicted molar refractivity (Wildman–Crippen MR) is 154 cm³/mol. The van der Waals surface area contributed by atoms with Gasteiger partial charge in [-0.25, -0.2) is 14.2 Å². The molecule has 0 spiro atoms. The second-order valence-corrected chi connectivity index (χ2v) is 11.0. The predicted octanol–water partition coefficient (Wildman–Crippen LogP) is 6.72. The molecule has 1 fully saturated rings. The number of pyridine rings is 2. The van der Waals surface area contributed by atoms with Crippen molar-refractivity contribution in [2.75, 3.05) is 24.3 Å². The van der Waals surface area contributed by atoms with Gasteiger partial charge in [-0.15, -0.1) is 0 Å². The van der Waals surface area contributed by atoms with Gasteiger partial charge in [-0.1, -0.05) is 32.0 Å². The molecule has 7 nitrogen and oxygen atoms in total. The van der Waals surface area contributed by atoms with Gasteiger partial charge in [-0.2, -0.15) is 0 Å². The average molecular weight is 528 g/mol. The van der Waals surface area contributed by atoms with Crippen LogP contribution < -0.4 is 20.7 Å². The maximum absolute atomic E-state index is 14.6. The van der Waals surface area contributed by atoms with Crippen LogP contribution in [0, 0.1) is 18.2 Å². The Morgan fingerprint density at radius 2 is 1.87 bits per heavy atom. The Morgan fingerprint density at radius 1 is 1.10 bits per heavy atom. The summed E-state index contributed by atoms with van der Waals surface area (Å²) in [6.07, 6.45) is 4.47. The number of fused-ring (bicyclic) bond motifs is 1. The number of amides is 2. The molecule has 0 atom stereocenters. The molecule has 0 aliphatic heterocycles. The van der Waals surface area contributed by atoms with Crippen LogP contribution in [0.2, 0.25) is 0 Å². The highest BCUT2D eigenvalue weighted by Crippen LogP contribution is 2.39. The van der Waals surface area contributed by atoms with Crippen LogP contribution in [0.25, 0.3) is 22.0 Å². The van der Waals surface area contributed by atoms with Crippen LogP contribution in [0.5, 0.6) is 5.75 Å². The Balaban J connectivity index is 1.27. The van der Waals surface area contributed by atoms with Gasteiger partial charge >= 0.3 is 6.03 Å². The number of nitrogens with zero attached hydrogens (tertiary/aromatic N) is 2. The number of aryl methyl sites for hydroxylation is 1. The van der Waals surface area contributed by atoms with Crippen molar-refractivity contribution in [1.29, 1.82) is 0 Å². The van der Waals surface area contributed by atoms with E-state index in [0.29, 0.717) is 0 Å². The Hall–Kier alpha value is -4.20. The number of hydrogen-bond acceptors (Lipinski definition) is 5. The SMILES string of the molecule is COc1ccc(CCNc2cc3nc(C)c(-c4ccc(F)c(NC(=O)NC5CC(C)(C)C5)c4)cc3cn2)cc1. The lowest BCUT2D eigenvalue weighted by Gasteiger charge is -2.42. The molecule has 1 aliphatic rings. The highest BCUT2D eigenvalue weighted by Gasteiger charge is 2.36. The summed E-state index contributed by atoms with van der Waals surface area (Å²) in [4.78, 5) is 21.8. The number of halogens is 1. The van der Waals surface area contributed by atoms with Gasteiger partial charge in [0.1, 0.15) is 17.4 Å². The van der Waals surface area contributed by atoms with E-state index in [9.17, 15) is 9.18 Å². The molecule has 2 aromatic carbocycles. The number of carbonyl (C=O) groups excluding carboxylic acids is 1. The Morgan fingerprint density at radius 3 is 2.59 bits per heavy atom. The summed E-state index contributed by atoms with van der Waals surface area (Å²) < 4.78 is 19.8. The summed E-state index contributed by atoms with van der Waals surface area (Å²) in [7, 11) is 1.66. The minimum absolute atomic E-state index is 0.118. The third-order valence-electron chi connectivity index (χ3n) is 7.23. The normalized spacial score (nSPS) is 14.5. The van der Waals surface area contributed by atoms with Gasteiger partial charge in [0.15, 0.2) is 0 Å². The molecule has 39 heavy (non-hydrogen) atoms. The molecule has 202 valence electrons. The molecule has 1 saturated carbocycles. The van der Waals surface area contributed by atoms with Gasteiger partial charge in [-0.3, -0.25) is 4.98 Å². The average Bonchev–Trinajstić information content (AvgIpc) is 2.89. The minimum Gasteiger partial charge on any atom is -0.497 e. The topological polar surface area (TPSA) is 88.2 Å². The van der Waals surface area contributed by atoms with Crippen LogP contribution >= 0.6 is 0 Å². The summed E-state index contributed by atoms with van der Waals surface area (Å²) >= 11 is 0. The fourth-order valence-electron chi connectivity index (χ4n) is 5.19. The minimum atomic E-state index is -0.485. The molecule has 1 aliphatic carbocycles. The van der Waals surface area contributed by atoms with E-state index in [2.05, 4.69) is 46.9 Å². The summed E-state index contributed by atoms with van der Waals surface area (Å²) in [5.74, 6) is 1.11. The van der Waals surface area contributed by atoms with Gasteiger partial charge < -0.3 is 20.7 Å². The number of hydrogen-bond donors (Lipinski definition) is 3. The van der Waals surface area contributed by atoms with Crippen molar-refractivity contribution >= 4 is 28.4 Å². The standard InChI is InChI=1S/C31H34FN5O2/c1-19-25(21-7-10-26(32)28(14-21)37-30(38)36-23-16-31(2,3)17-23)13-22-18-34-29(15-27(22)35-19)33-12-11-20-5-8-24(39-4)9-6-20/h5-10,13-15,18,23H,11-12,16-17H2,1-4H3,(H,33,34)(H2,36,37,38). The number of aromatic nitrogens is 2. The van der Waals surface area contributed by atoms with Crippen LogP contribution in [0.15, 0.2) is 60.8 Å². The molecule has 0 unspecified atom stereocenters. The van der Waals surface area contributed by atoms with E-state index < -0.39 is 11.8 Å². The fraction of sp³-hybridized carbons (Fsp3) is 0.323. The third kappa shape index (κ3) is 6.28. The zero-order valence-corrected chi connectivity index (χ0v) is 22.8. The first kappa shape index (κ1) is 26.4. The number of anilines is 2. The summed E-state index contributed by atoms with van der Waals surface area (Å²) in [6, 6.07) is 16.4. The molecule has 3 N–H and O–H groups in total. The van der Waals surface area contributed by atoms with Gasteiger partial charge in [0, 0.05) is 41.5 Å². The van der Waals surface area contributed by atoms with Crippen LogP contribution in [0.1, 0.15) is 37.9 Å². The zero-order chi connectivity index (χ0) is 27.6. The van der Waals surface area contributed by atoms with Crippen molar-refractivity contribution in [1.82, 2.24) is 15.3 Å². The lowest BCUT2D eigenvalue weighted by molar-refractivity contribution is 0.132. The van der Waals surface area contributed by atoms with Crippen molar-refractivity contribution in [2.45, 2.75) is 46.1 Å². The van der Waals surface area contributed by atoms with Crippen LogP contribution in [0.4, 0.5) is 20.7 Å². The van der Waals surface area contributed by atoms with Crippen LogP contribution in [-0.2, 0) is 6.42 Å². The smallest absolute Gasteiger partial charge is 0.319 e. The monoisotopic (exact) mass is 527 g/mol. The highest BCUT2D eigenvalue weighted by molar-refractivity contribution is 5.91. The maximum atomic E-state index is 14.6. The number of urea groups is 1. The van der Waals surface area contributed by atoms with E-state index >= 15 is 0 Å². The van der Waals surface area contributed by atoms with Crippen LogP contribution in [0.3, 0.4) is 0 Å². The molecule has 0 radical (unpaired) electrons. The summed E-state index contributed by atoms with van der Waals surface area (Å²) in [5.41, 5.74) is 4.84. The molecule has 2 amide bonds. The molecule has 0 bridgehead atoms. The molecule has 8 heteroatoms. The Kier molecular flexibility index (Phi) is 7.37. The quantitative estimate of drug-likeness (QED) is 0.237. The lowest BCUT2D eigenvalue weighted by Crippen LogP contribution is -2.49. The molecular formula is C31H34FN5O2. The van der Waals surface area contributed by atoms with Gasteiger partial charge in [-0.05, 0) is 73.1 Å². The molecule has 0 saturated heterocycles. The van der Waals surface area contributed by atoms with Crippen molar-refractivity contribution in [3.63, 3.8) is 0 Å². The summed E-state index contributed by atoms with van der Waals surface area (Å²) in [6.45, 7) is 7.00. The van der Waals surface area contributed by atoms with Gasteiger partial charge in [0.2, 0.25) is 0 Å². The molecule has 2 heterocycles. The molecule has 4 aromatic rings. The maximum Gasteiger partial charge on any atom is 0.319 e. The van der Waals surface area contributed by atoms with Gasteiger partial charge in [0.05, 0.1) is 18.3 Å². The number of carbonyl (C=O) groups is 1. The number of benzene rings is 2. The van der Waals surface area contributed by atoms with E-state index in [1.54, 1.807) is 25.4 Å². The highest BCUT2D eigenvalue weighted by atomic mass is 19.1. The van der Waals surface area contributed by atoms with E-state index in [1.165, 1.54) is 11.6 Å².